The third kappa shape index (κ3) is 21.6. The molecule has 18 atom stereocenters. The van der Waals surface area contributed by atoms with E-state index in [0.717, 1.165) is 91.0 Å². The molecule has 7 heterocycles. The number of rotatable bonds is 19. The minimum atomic E-state index is -4.98. The minimum absolute atomic E-state index is 0.0207. The van der Waals surface area contributed by atoms with Gasteiger partial charge in [0.1, 0.15) is 101 Å². The number of primary amides is 2. The first-order valence-electron chi connectivity index (χ1n) is 39.3. The van der Waals surface area contributed by atoms with Gasteiger partial charge in [-0.2, -0.15) is 0 Å². The number of nitrogens with two attached hydrogens (primary N) is 2. The van der Waals surface area contributed by atoms with Crippen LogP contribution in [0, 0.1) is 5.92 Å². The van der Waals surface area contributed by atoms with Crippen molar-refractivity contribution in [3.63, 3.8) is 0 Å². The van der Waals surface area contributed by atoms with Crippen molar-refractivity contribution in [2.75, 3.05) is 19.0 Å². The Hall–Kier alpha value is -12.8. The van der Waals surface area contributed by atoms with E-state index in [9.17, 15) is 87.9 Å². The van der Waals surface area contributed by atoms with Gasteiger partial charge in [0.2, 0.25) is 53.4 Å². The molecule has 7 aliphatic rings. The van der Waals surface area contributed by atoms with Crippen LogP contribution in [0.3, 0.4) is 0 Å². The molecule has 24 N–H and O–H groups in total. The lowest BCUT2D eigenvalue weighted by Gasteiger charge is -2.48. The van der Waals surface area contributed by atoms with Crippen molar-refractivity contribution in [2.24, 2.45) is 17.4 Å². The van der Waals surface area contributed by atoms with Gasteiger partial charge in [-0.1, -0.05) is 67.4 Å². The predicted octanol–water partition coefficient (Wildman–Crippen LogP) is 1.64. The number of hydrazine groups is 1. The number of aliphatic hydroxyl groups is 6. The molecule has 2 fully saturated rings. The standard InChI is InChI=1S/C83H88Cl2F3N13O27/c1-32(2)19-47(91-5)73(114)98-62-64(107)37-12-17-51(45(84)22-37)123-53-24-39-25-54(68(53)127-81-69(67(110)66(109)55(31-102)125-81)126-57-29-82(4,70(111)33(3)122-57)92-30-34-7-6-8-40(20-34)93-72(113)35-9-14-42(15-10-35)128-83(86,87)88)124-52-18-13-38(23-46(52)85)65(108)63-78(119)97-61(79(120)100-101-80(121)71(90)112)44-26-41(103)27-50(105)58(44)43-21-36(11-16-49(43)104)59(75(116)99-63)96-76(117)60(39)95-74(115)48(28-56(89)106)94-77(62)118/h6-18,20-27,32-33,47-48,55,57,59-67,69-70,81,91-92,102-105,107-111H,19,28-31H2,1-5H3,(H2,89,106)(H2,90,112)(H,93,113)(H,94,118)(H,95,115)(H,96,117)(H,97,119)(H,98,114)(H,99,116)(H,100,120)(H,101,121)/t33?,47?,48?,55?,57?,59?,60?,61-,62?,63?,64?,65?,66?,67?,69?,70?,81?,82-/m1/s1. The second-order valence-corrected chi connectivity index (χ2v) is 32.0. The zero-order chi connectivity index (χ0) is 93.0. The maximum Gasteiger partial charge on any atom is 0.573 e. The number of anilines is 1. The second-order valence-electron chi connectivity index (χ2n) is 31.2. The monoisotopic (exact) mass is 1830 g/mol. The van der Waals surface area contributed by atoms with Crippen molar-refractivity contribution >= 4 is 93.9 Å². The van der Waals surface area contributed by atoms with E-state index in [1.54, 1.807) is 44.4 Å². The number of aromatic hydroxyl groups is 3. The summed E-state index contributed by atoms with van der Waals surface area (Å²) in [6.45, 7) is 5.53. The molecule has 11 bridgehead atoms. The van der Waals surface area contributed by atoms with Gasteiger partial charge < -0.3 is 138 Å². The number of nitrogens with one attached hydrogen (secondary N) is 11. The Morgan fingerprint density at radius 3 is 1.93 bits per heavy atom. The molecule has 7 aromatic rings. The molecular weight excluding hydrogens is 1740 g/mol. The number of benzene rings is 7. The molecule has 7 aromatic carbocycles. The van der Waals surface area contributed by atoms with Gasteiger partial charge in [-0.15, -0.1) is 13.2 Å². The highest BCUT2D eigenvalue weighted by atomic mass is 35.5. The number of fused-ring (bicyclic) bond motifs is 15. The SMILES string of the molecule is CNC(CC(C)C)C(=O)NC1C(=O)NC(CC(N)=O)C(=O)NC2C(=O)NC3C(=O)NC(C(=O)N[C@@H](C(=O)NNC(=O)C(N)=O)c4cc(O)cc(O)c4-c4cc3ccc4O)C(O)c3ccc(c(Cl)c3)Oc3cc2cc(c3OC2OC(CO)C(O)C(O)C2OC2C[C@@](C)(NCc3cccc(NC(=O)c4ccc(OC(F)(F)F)cc4)c3)C(O)C(C)O2)Oc2ccc(cc2Cl)C1O. The Labute approximate surface area is 733 Å². The number of amides is 11. The lowest BCUT2D eigenvalue weighted by Crippen LogP contribution is -2.65. The molecule has 40 nitrogen and oxygen atoms in total. The van der Waals surface area contributed by atoms with Crippen LogP contribution < -0.4 is 89.1 Å². The van der Waals surface area contributed by atoms with Crippen LogP contribution in [0.2, 0.25) is 10.0 Å². The van der Waals surface area contributed by atoms with Gasteiger partial charge in [0.25, 0.3) is 11.8 Å². The van der Waals surface area contributed by atoms with Crippen molar-refractivity contribution in [3.8, 4) is 62.9 Å². The number of aliphatic hydroxyl groups excluding tert-OH is 6. The molecule has 0 radical (unpaired) electrons. The van der Waals surface area contributed by atoms with Crippen LogP contribution in [0.5, 0.6) is 51.7 Å². The third-order valence-corrected chi connectivity index (χ3v) is 22.1. The van der Waals surface area contributed by atoms with Gasteiger partial charge in [0, 0.05) is 46.9 Å². The van der Waals surface area contributed by atoms with Crippen molar-refractivity contribution in [1.82, 2.24) is 53.4 Å². The number of hydrogen-bond donors (Lipinski definition) is 22. The average molecular weight is 1830 g/mol. The van der Waals surface area contributed by atoms with E-state index in [4.69, 9.17) is 63.1 Å². The molecule has 0 spiro atoms. The quantitative estimate of drug-likeness (QED) is 0.0404. The molecule has 14 rings (SSSR count). The highest BCUT2D eigenvalue weighted by Gasteiger charge is 2.53. The lowest BCUT2D eigenvalue weighted by molar-refractivity contribution is -0.334. The molecule has 128 heavy (non-hydrogen) atoms. The highest BCUT2D eigenvalue weighted by Crippen LogP contribution is 2.50. The Kier molecular flexibility index (Phi) is 28.9. The smallest absolute Gasteiger partial charge is 0.508 e. The van der Waals surface area contributed by atoms with Crippen LogP contribution in [0.1, 0.15) is 121 Å². The maximum atomic E-state index is 16.3. The summed E-state index contributed by atoms with van der Waals surface area (Å²) >= 11 is 14.3. The molecule has 0 aliphatic carbocycles. The van der Waals surface area contributed by atoms with Gasteiger partial charge in [0.05, 0.1) is 41.3 Å². The van der Waals surface area contributed by atoms with Crippen LogP contribution in [0.25, 0.3) is 11.1 Å². The van der Waals surface area contributed by atoms with E-state index < -0.39 is 283 Å². The van der Waals surface area contributed by atoms with E-state index in [-0.39, 0.29) is 47.7 Å². The average Bonchev–Trinajstić information content (AvgIpc) is 0.766. The number of likely N-dealkylation sites (N-methyl/N-ethyl adjacent to an activating group) is 1. The molecule has 45 heteroatoms. The molecular formula is C83H88Cl2F3N13O27. The largest absolute Gasteiger partial charge is 0.573 e. The maximum absolute atomic E-state index is 16.3. The van der Waals surface area contributed by atoms with Gasteiger partial charge in [-0.25, -0.2) is 0 Å². The molecule has 2 saturated heterocycles. The molecule has 16 unspecified atom stereocenters. The first-order valence-corrected chi connectivity index (χ1v) is 40.1. The molecule has 11 amide bonds. The van der Waals surface area contributed by atoms with E-state index in [1.165, 1.54) is 26.1 Å². The number of halogens is 5. The summed E-state index contributed by atoms with van der Waals surface area (Å²) in [6.07, 6.45) is -25.0. The lowest BCUT2D eigenvalue weighted by atomic mass is 9.84. The topological polar surface area (TPSA) is 619 Å². The fourth-order valence-corrected chi connectivity index (χ4v) is 15.4. The van der Waals surface area contributed by atoms with Crippen molar-refractivity contribution in [1.29, 1.82) is 0 Å². The van der Waals surface area contributed by atoms with Gasteiger partial charge in [-0.3, -0.25) is 63.6 Å². The summed E-state index contributed by atoms with van der Waals surface area (Å²) in [5.41, 5.74) is 10.4. The summed E-state index contributed by atoms with van der Waals surface area (Å²) in [6, 6.07) is 8.56. The van der Waals surface area contributed by atoms with Crippen LogP contribution in [0.15, 0.2) is 127 Å². The summed E-state index contributed by atoms with van der Waals surface area (Å²) in [5.74, 6) is -21.3. The molecule has 0 saturated carbocycles. The second kappa shape index (κ2) is 39.2. The number of phenols is 3. The van der Waals surface area contributed by atoms with E-state index in [0.29, 0.717) is 11.6 Å². The Morgan fingerprint density at radius 1 is 0.680 bits per heavy atom. The summed E-state index contributed by atoms with van der Waals surface area (Å²) in [5, 5.41) is 129. The molecule has 7 aliphatic heterocycles. The molecule has 0 aromatic heterocycles. The minimum Gasteiger partial charge on any atom is -0.508 e. The predicted molar refractivity (Wildman–Crippen MR) is 437 cm³/mol. The number of carbonyl (C=O) groups excluding carboxylic acids is 11. The molecule has 682 valence electrons. The van der Waals surface area contributed by atoms with E-state index >= 15 is 24.0 Å². The number of phenolic OH excluding ortho intramolecular Hbond substituents is 3. The fraction of sp³-hybridized carbons (Fsp3) is 0.361. The highest BCUT2D eigenvalue weighted by molar-refractivity contribution is 6.34. The van der Waals surface area contributed by atoms with Crippen molar-refractivity contribution < 1.29 is 145 Å². The normalized spacial score (nSPS) is 25.6. The Bertz CT molecular complexity index is 5470. The summed E-state index contributed by atoms with van der Waals surface area (Å²) in [4.78, 5) is 158. The van der Waals surface area contributed by atoms with Crippen LogP contribution in [-0.4, -0.2) is 210 Å². The number of alkyl halides is 3. The van der Waals surface area contributed by atoms with E-state index in [2.05, 4.69) is 52.6 Å². The fourth-order valence-electron chi connectivity index (χ4n) is 15.0. The van der Waals surface area contributed by atoms with Crippen LogP contribution in [-0.2, 0) is 68.7 Å². The summed E-state index contributed by atoms with van der Waals surface area (Å²) < 4.78 is 81.9. The Balaban J connectivity index is 1.01. The zero-order valence-electron chi connectivity index (χ0n) is 68.0. The number of hydrogen-bond acceptors (Lipinski definition) is 29. The van der Waals surface area contributed by atoms with Gasteiger partial charge in [0.15, 0.2) is 23.9 Å². The van der Waals surface area contributed by atoms with E-state index in [1.807, 2.05) is 5.43 Å². The number of ether oxygens (including phenoxy) is 7. The first-order chi connectivity index (χ1) is 60.5. The van der Waals surface area contributed by atoms with Crippen molar-refractivity contribution in [2.45, 2.75) is 169 Å². The number of carbonyl (C=O) groups is 11. The summed E-state index contributed by atoms with van der Waals surface area (Å²) in [7, 11) is 1.45. The zero-order valence-corrected chi connectivity index (χ0v) is 69.5. The third-order valence-electron chi connectivity index (χ3n) is 21.5. The first kappa shape index (κ1) is 94.4. The Morgan fingerprint density at radius 2 is 1.31 bits per heavy atom. The van der Waals surface area contributed by atoms with Crippen LogP contribution >= 0.6 is 23.2 Å². The van der Waals surface area contributed by atoms with Crippen LogP contribution in [0.4, 0.5) is 18.9 Å². The van der Waals surface area contributed by atoms with Crippen molar-refractivity contribution in [3.05, 3.63) is 176 Å². The van der Waals surface area contributed by atoms with Gasteiger partial charge in [-0.05, 0) is 158 Å². The van der Waals surface area contributed by atoms with Gasteiger partial charge >= 0.3 is 18.2 Å².